The molecule has 0 saturated heterocycles. The number of hydrogen-bond acceptors (Lipinski definition) is 1. The van der Waals surface area contributed by atoms with E-state index >= 15 is 0 Å². The van der Waals surface area contributed by atoms with Gasteiger partial charge in [0.1, 0.15) is 0 Å². The minimum absolute atomic E-state index is 0. The van der Waals surface area contributed by atoms with E-state index in [-0.39, 0.29) is 37.7 Å². The van der Waals surface area contributed by atoms with Gasteiger partial charge in [0, 0.05) is 0 Å². The van der Waals surface area contributed by atoms with Crippen LogP contribution in [0.2, 0.25) is 0 Å². The number of nitrogens with zero attached hydrogens (tertiary/aromatic N) is 1. The first-order valence-corrected chi connectivity index (χ1v) is 2.79. The maximum absolute atomic E-state index is 8.38. The van der Waals surface area contributed by atoms with E-state index in [0.717, 1.165) is 5.56 Å². The fraction of sp³-hybridized carbons (Fsp3) is 0.125. The summed E-state index contributed by atoms with van der Waals surface area (Å²) < 4.78 is 0. The summed E-state index contributed by atoms with van der Waals surface area (Å²) in [5.41, 5.74) is 1.91. The molecule has 1 aromatic carbocycles. The molecule has 0 radical (unpaired) electrons. The van der Waals surface area contributed by atoms with Crippen LogP contribution in [-0.4, -0.2) is 37.7 Å². The van der Waals surface area contributed by atoms with Crippen molar-refractivity contribution in [3.05, 3.63) is 35.4 Å². The molecule has 48 valence electrons. The van der Waals surface area contributed by atoms with Gasteiger partial charge < -0.3 is 0 Å². The Hall–Kier alpha value is -0.0303. The third-order valence-electron chi connectivity index (χ3n) is 1.18. The molecule has 1 rings (SSSR count). The quantitative estimate of drug-likeness (QED) is 0.517. The van der Waals surface area contributed by atoms with Crippen LogP contribution in [0.5, 0.6) is 0 Å². The molecular weight excluding hydrogens is 150 g/mol. The molecule has 0 aliphatic carbocycles. The van der Waals surface area contributed by atoms with E-state index in [9.17, 15) is 0 Å². The predicted molar refractivity (Wildman–Crippen MR) is 44.4 cm³/mol. The van der Waals surface area contributed by atoms with E-state index in [1.807, 2.05) is 31.2 Å². The first-order valence-electron chi connectivity index (χ1n) is 2.79. The number of aryl methyl sites for hydroxylation is 1. The molecule has 2 heteroatoms. The Morgan fingerprint density at radius 3 is 2.10 bits per heavy atom. The maximum atomic E-state index is 8.38. The third kappa shape index (κ3) is 2.70. The van der Waals surface area contributed by atoms with Crippen LogP contribution in [0.4, 0.5) is 0 Å². The molecule has 0 fully saturated rings. The normalized spacial score (nSPS) is 7.60. The van der Waals surface area contributed by atoms with E-state index in [2.05, 4.69) is 6.07 Å². The van der Waals surface area contributed by atoms with Crippen molar-refractivity contribution >= 4 is 37.7 Å². The van der Waals surface area contributed by atoms with E-state index in [0.29, 0.717) is 0 Å². The Kier molecular flexibility index (Phi) is 4.72. The summed E-state index contributed by atoms with van der Waals surface area (Å²) in [6, 6.07) is 9.54. The average molecular weight is 159 g/mol. The Morgan fingerprint density at radius 1 is 1.20 bits per heavy atom. The Morgan fingerprint density at radius 2 is 1.70 bits per heavy atom. The van der Waals surface area contributed by atoms with Crippen LogP contribution < -0.4 is 0 Å². The molecule has 0 heterocycles. The molecule has 1 aromatic rings. The van der Waals surface area contributed by atoms with E-state index in [1.54, 1.807) is 0 Å². The summed E-state index contributed by atoms with van der Waals surface area (Å²) in [4.78, 5) is 0. The van der Waals surface area contributed by atoms with Gasteiger partial charge in [0.2, 0.25) is 0 Å². The van der Waals surface area contributed by atoms with Crippen LogP contribution in [0.3, 0.4) is 0 Å². The van der Waals surface area contributed by atoms with Gasteiger partial charge in [0.15, 0.2) is 0 Å². The van der Waals surface area contributed by atoms with Crippen LogP contribution in [0, 0.1) is 18.3 Å². The summed E-state index contributed by atoms with van der Waals surface area (Å²) >= 11 is 0. The van der Waals surface area contributed by atoms with E-state index < -0.39 is 0 Å². The summed E-state index contributed by atoms with van der Waals surface area (Å²) in [6.45, 7) is 2.00. The minimum atomic E-state index is 0. The summed E-state index contributed by atoms with van der Waals surface area (Å²) in [7, 11) is 0. The first-order chi connectivity index (χ1) is 4.33. The monoisotopic (exact) mass is 159 g/mol. The molecule has 10 heavy (non-hydrogen) atoms. The van der Waals surface area contributed by atoms with Crippen LogP contribution in [-0.2, 0) is 0 Å². The van der Waals surface area contributed by atoms with Gasteiger partial charge in [0.25, 0.3) is 0 Å². The molecule has 0 aliphatic heterocycles. The molecule has 0 atom stereocenters. The summed E-state index contributed by atoms with van der Waals surface area (Å²) in [5.74, 6) is 0. The fourth-order valence-electron chi connectivity index (χ4n) is 0.628. The summed E-state index contributed by atoms with van der Waals surface area (Å²) in [6.07, 6.45) is 0. The van der Waals surface area contributed by atoms with Gasteiger partial charge in [-0.1, -0.05) is 17.7 Å². The van der Waals surface area contributed by atoms with Gasteiger partial charge in [-0.05, 0) is 19.1 Å². The van der Waals surface area contributed by atoms with Crippen LogP contribution in [0.25, 0.3) is 0 Å². The van der Waals surface area contributed by atoms with Crippen molar-refractivity contribution in [1.29, 1.82) is 5.26 Å². The van der Waals surface area contributed by atoms with Crippen molar-refractivity contribution in [3.8, 4) is 6.07 Å². The van der Waals surface area contributed by atoms with Gasteiger partial charge in [-0.25, -0.2) is 0 Å². The molecule has 0 unspecified atom stereocenters. The first kappa shape index (κ1) is 9.97. The zero-order valence-corrected chi connectivity index (χ0v) is 5.26. The van der Waals surface area contributed by atoms with E-state index in [4.69, 9.17) is 5.26 Å². The van der Waals surface area contributed by atoms with Crippen molar-refractivity contribution in [2.45, 2.75) is 6.92 Å². The molecule has 0 aromatic heterocycles. The van der Waals surface area contributed by atoms with Gasteiger partial charge in [-0.2, -0.15) is 5.26 Å². The molecule has 0 amide bonds. The van der Waals surface area contributed by atoms with Crippen LogP contribution >= 0.6 is 0 Å². The standard InChI is InChI=1S/C8H7N.Ca.2H/c1-7-2-4-8(6-9)5-3-7;;;/h2-5H,1H3;;;. The van der Waals surface area contributed by atoms with Crippen LogP contribution in [0.15, 0.2) is 24.3 Å². The zero-order chi connectivity index (χ0) is 6.69. The van der Waals surface area contributed by atoms with Gasteiger partial charge in [0.05, 0.1) is 11.6 Å². The molecule has 0 aliphatic rings. The molecule has 0 N–H and O–H groups in total. The molecule has 1 nitrogen and oxygen atoms in total. The Bertz CT molecular complexity index is 232. The zero-order valence-electron chi connectivity index (χ0n) is 5.26. The van der Waals surface area contributed by atoms with Crippen molar-refractivity contribution in [2.75, 3.05) is 0 Å². The van der Waals surface area contributed by atoms with Crippen molar-refractivity contribution < 1.29 is 0 Å². The van der Waals surface area contributed by atoms with Crippen molar-refractivity contribution in [1.82, 2.24) is 0 Å². The topological polar surface area (TPSA) is 23.8 Å². The predicted octanol–water partition coefficient (Wildman–Crippen LogP) is 0.950. The number of hydrogen-bond donors (Lipinski definition) is 0. The SMILES string of the molecule is Cc1ccc(C#N)cc1.[CaH2]. The molecule has 0 saturated carbocycles. The second kappa shape index (κ2) is 4.73. The number of rotatable bonds is 0. The van der Waals surface area contributed by atoms with Crippen molar-refractivity contribution in [2.24, 2.45) is 0 Å². The van der Waals surface area contributed by atoms with Gasteiger partial charge >= 0.3 is 37.7 Å². The molecule has 0 spiro atoms. The van der Waals surface area contributed by atoms with Gasteiger partial charge in [-0.15, -0.1) is 0 Å². The summed E-state index contributed by atoms with van der Waals surface area (Å²) in [5, 5.41) is 8.38. The third-order valence-corrected chi connectivity index (χ3v) is 1.18. The fourth-order valence-corrected chi connectivity index (χ4v) is 0.628. The van der Waals surface area contributed by atoms with Gasteiger partial charge in [-0.3, -0.25) is 0 Å². The van der Waals surface area contributed by atoms with Crippen LogP contribution in [0.1, 0.15) is 11.1 Å². The molecular formula is C8H9CaN. The van der Waals surface area contributed by atoms with Crippen molar-refractivity contribution in [3.63, 3.8) is 0 Å². The number of nitriles is 1. The second-order valence-electron chi connectivity index (χ2n) is 1.98. The second-order valence-corrected chi connectivity index (χ2v) is 1.98. The van der Waals surface area contributed by atoms with E-state index in [1.165, 1.54) is 5.56 Å². The Labute approximate surface area is 90.7 Å². The molecule has 0 bridgehead atoms. The Balaban J connectivity index is 0.000000810. The number of benzene rings is 1. The average Bonchev–Trinajstić information content (AvgIpc) is 1.90.